The molecule has 0 aliphatic rings. The minimum absolute atomic E-state index is 0.0605. The second-order valence-corrected chi connectivity index (χ2v) is 6.01. The Morgan fingerprint density at radius 2 is 1.64 bits per heavy atom. The first-order chi connectivity index (χ1) is 12.1. The standard InChI is InChI=1S/C18H19FN2O3S/c1-2-24-14-9-7-13(8-10-14)20-17(22)11-25-12-18(23)21-16-6-4-3-5-15(16)19/h3-10H,2,11-12H2,1H3,(H,20,22)(H,21,23). The molecule has 0 aliphatic heterocycles. The van der Waals surface area contributed by atoms with Gasteiger partial charge < -0.3 is 15.4 Å². The van der Waals surface area contributed by atoms with Crippen molar-refractivity contribution < 1.29 is 18.7 Å². The van der Waals surface area contributed by atoms with Crippen molar-refractivity contribution in [1.29, 1.82) is 0 Å². The Labute approximate surface area is 150 Å². The molecule has 0 saturated heterocycles. The number of ether oxygens (including phenoxy) is 1. The Balaban J connectivity index is 1.71. The molecule has 7 heteroatoms. The summed E-state index contributed by atoms with van der Waals surface area (Å²) in [4.78, 5) is 23.6. The van der Waals surface area contributed by atoms with Crippen LogP contribution in [0.25, 0.3) is 0 Å². The van der Waals surface area contributed by atoms with Gasteiger partial charge in [0.25, 0.3) is 0 Å². The highest BCUT2D eigenvalue weighted by atomic mass is 32.2. The highest BCUT2D eigenvalue weighted by Crippen LogP contribution is 2.16. The van der Waals surface area contributed by atoms with Gasteiger partial charge in [0.2, 0.25) is 11.8 Å². The van der Waals surface area contributed by atoms with Gasteiger partial charge >= 0.3 is 0 Å². The minimum atomic E-state index is -0.492. The number of hydrogen-bond acceptors (Lipinski definition) is 4. The molecule has 0 aromatic heterocycles. The van der Waals surface area contributed by atoms with E-state index in [1.165, 1.54) is 12.1 Å². The molecule has 2 rings (SSSR count). The summed E-state index contributed by atoms with van der Waals surface area (Å²) >= 11 is 1.15. The van der Waals surface area contributed by atoms with Gasteiger partial charge in [0.05, 0.1) is 23.8 Å². The van der Waals surface area contributed by atoms with Crippen molar-refractivity contribution in [3.63, 3.8) is 0 Å². The third-order valence-electron chi connectivity index (χ3n) is 3.06. The van der Waals surface area contributed by atoms with Crippen molar-refractivity contribution in [2.75, 3.05) is 28.7 Å². The third-order valence-corrected chi connectivity index (χ3v) is 4.00. The number of amides is 2. The monoisotopic (exact) mass is 362 g/mol. The quantitative estimate of drug-likeness (QED) is 0.754. The van der Waals surface area contributed by atoms with E-state index in [1.807, 2.05) is 6.92 Å². The Kier molecular flexibility index (Phi) is 7.28. The van der Waals surface area contributed by atoms with E-state index in [0.717, 1.165) is 17.5 Å². The molecular formula is C18H19FN2O3S. The van der Waals surface area contributed by atoms with Crippen molar-refractivity contribution in [1.82, 2.24) is 0 Å². The number of carbonyl (C=O) groups excluding carboxylic acids is 2. The molecule has 0 fully saturated rings. The van der Waals surface area contributed by atoms with Crippen molar-refractivity contribution in [2.24, 2.45) is 0 Å². The maximum Gasteiger partial charge on any atom is 0.234 e. The number of para-hydroxylation sites is 1. The Hall–Kier alpha value is -2.54. The van der Waals surface area contributed by atoms with E-state index in [1.54, 1.807) is 36.4 Å². The second kappa shape index (κ2) is 9.68. The topological polar surface area (TPSA) is 67.4 Å². The molecule has 0 aliphatic carbocycles. The lowest BCUT2D eigenvalue weighted by atomic mass is 10.3. The zero-order valence-corrected chi connectivity index (χ0v) is 14.6. The average Bonchev–Trinajstić information content (AvgIpc) is 2.59. The SMILES string of the molecule is CCOc1ccc(NC(=O)CSCC(=O)Nc2ccccc2F)cc1. The van der Waals surface area contributed by atoms with Crippen LogP contribution in [0.5, 0.6) is 5.75 Å². The fraction of sp³-hybridized carbons (Fsp3) is 0.222. The first-order valence-electron chi connectivity index (χ1n) is 7.73. The summed E-state index contributed by atoms with van der Waals surface area (Å²) in [6.45, 7) is 2.48. The first kappa shape index (κ1) is 18.8. The molecule has 5 nitrogen and oxygen atoms in total. The van der Waals surface area contributed by atoms with Crippen molar-refractivity contribution >= 4 is 35.0 Å². The van der Waals surface area contributed by atoms with E-state index in [9.17, 15) is 14.0 Å². The molecule has 0 spiro atoms. The summed E-state index contributed by atoms with van der Waals surface area (Å²) < 4.78 is 18.8. The van der Waals surface area contributed by atoms with Crippen molar-refractivity contribution in [3.05, 3.63) is 54.3 Å². The molecule has 2 amide bonds. The molecule has 0 saturated carbocycles. The van der Waals surface area contributed by atoms with Gasteiger partial charge in [-0.2, -0.15) is 0 Å². The molecule has 2 aromatic rings. The van der Waals surface area contributed by atoms with E-state index in [4.69, 9.17) is 4.74 Å². The van der Waals surface area contributed by atoms with Gasteiger partial charge in [-0.3, -0.25) is 9.59 Å². The molecule has 2 aromatic carbocycles. The predicted molar refractivity (Wildman–Crippen MR) is 98.6 cm³/mol. The Morgan fingerprint density at radius 3 is 2.28 bits per heavy atom. The minimum Gasteiger partial charge on any atom is -0.494 e. The van der Waals surface area contributed by atoms with Gasteiger partial charge in [0.1, 0.15) is 11.6 Å². The lowest BCUT2D eigenvalue weighted by Crippen LogP contribution is -2.18. The van der Waals surface area contributed by atoms with Crippen molar-refractivity contribution in [3.8, 4) is 5.75 Å². The van der Waals surface area contributed by atoms with E-state index in [-0.39, 0.29) is 29.0 Å². The van der Waals surface area contributed by atoms with Crippen LogP contribution in [0.4, 0.5) is 15.8 Å². The van der Waals surface area contributed by atoms with Crippen LogP contribution < -0.4 is 15.4 Å². The molecule has 0 unspecified atom stereocenters. The first-order valence-corrected chi connectivity index (χ1v) is 8.89. The number of carbonyl (C=O) groups is 2. The molecule has 25 heavy (non-hydrogen) atoms. The molecule has 0 bridgehead atoms. The predicted octanol–water partition coefficient (Wildman–Crippen LogP) is 3.53. The highest BCUT2D eigenvalue weighted by molar-refractivity contribution is 8.00. The summed E-state index contributed by atoms with van der Waals surface area (Å²) in [6, 6.07) is 13.0. The van der Waals surface area contributed by atoms with Gasteiger partial charge in [0.15, 0.2) is 0 Å². The highest BCUT2D eigenvalue weighted by Gasteiger charge is 2.08. The summed E-state index contributed by atoms with van der Waals surface area (Å²) in [6.07, 6.45) is 0. The fourth-order valence-electron chi connectivity index (χ4n) is 1.98. The van der Waals surface area contributed by atoms with Gasteiger partial charge in [0, 0.05) is 5.69 Å². The van der Waals surface area contributed by atoms with Crippen LogP contribution in [0.2, 0.25) is 0 Å². The van der Waals surface area contributed by atoms with Gasteiger partial charge in [-0.25, -0.2) is 4.39 Å². The van der Waals surface area contributed by atoms with Crippen LogP contribution in [0.3, 0.4) is 0 Å². The maximum atomic E-state index is 13.4. The molecular weight excluding hydrogens is 343 g/mol. The van der Waals surface area contributed by atoms with E-state index in [2.05, 4.69) is 10.6 Å². The van der Waals surface area contributed by atoms with E-state index in [0.29, 0.717) is 12.3 Å². The molecule has 0 atom stereocenters. The van der Waals surface area contributed by atoms with Crippen LogP contribution >= 0.6 is 11.8 Å². The molecule has 2 N–H and O–H groups in total. The Bertz CT molecular complexity index is 723. The van der Waals surface area contributed by atoms with Crippen LogP contribution in [-0.2, 0) is 9.59 Å². The lowest BCUT2D eigenvalue weighted by Gasteiger charge is -2.08. The largest absolute Gasteiger partial charge is 0.494 e. The second-order valence-electron chi connectivity index (χ2n) is 5.03. The average molecular weight is 362 g/mol. The summed E-state index contributed by atoms with van der Waals surface area (Å²) in [7, 11) is 0. The Morgan fingerprint density at radius 1 is 1.00 bits per heavy atom. The summed E-state index contributed by atoms with van der Waals surface area (Å²) in [5.41, 5.74) is 0.789. The zero-order chi connectivity index (χ0) is 18.1. The number of nitrogens with one attached hydrogen (secondary N) is 2. The molecule has 132 valence electrons. The van der Waals surface area contributed by atoms with Crippen molar-refractivity contribution in [2.45, 2.75) is 6.92 Å². The number of thioether (sulfide) groups is 1. The smallest absolute Gasteiger partial charge is 0.234 e. The number of anilines is 2. The maximum absolute atomic E-state index is 13.4. The van der Waals surface area contributed by atoms with E-state index < -0.39 is 5.82 Å². The summed E-state index contributed by atoms with van der Waals surface area (Å²) in [5, 5.41) is 5.21. The number of halogens is 1. The third kappa shape index (κ3) is 6.46. The zero-order valence-electron chi connectivity index (χ0n) is 13.8. The van der Waals surface area contributed by atoms with Crippen LogP contribution in [0.15, 0.2) is 48.5 Å². The van der Waals surface area contributed by atoms with E-state index >= 15 is 0 Å². The summed E-state index contributed by atoms with van der Waals surface area (Å²) in [5.74, 6) is -0.145. The molecule has 0 radical (unpaired) electrons. The van der Waals surface area contributed by atoms with Crippen LogP contribution in [0.1, 0.15) is 6.92 Å². The number of hydrogen-bond donors (Lipinski definition) is 2. The van der Waals surface area contributed by atoms with Crippen LogP contribution in [0, 0.1) is 5.82 Å². The van der Waals surface area contributed by atoms with Gasteiger partial charge in [-0.15, -0.1) is 11.8 Å². The fourth-order valence-corrected chi connectivity index (χ4v) is 2.60. The van der Waals surface area contributed by atoms with Crippen LogP contribution in [-0.4, -0.2) is 29.9 Å². The van der Waals surface area contributed by atoms with Gasteiger partial charge in [-0.1, -0.05) is 12.1 Å². The number of rotatable bonds is 8. The lowest BCUT2D eigenvalue weighted by molar-refractivity contribution is -0.114. The number of benzene rings is 2. The van der Waals surface area contributed by atoms with Gasteiger partial charge in [-0.05, 0) is 43.3 Å². The molecule has 0 heterocycles. The normalized spacial score (nSPS) is 10.2.